The largest absolute Gasteiger partial charge is 0.407 e. The molecule has 1 rings (SSSR count). The molecular formula is C10H21N5O4S. The molecule has 116 valence electrons. The number of hydrogen-bond donors (Lipinski definition) is 3. The summed E-state index contributed by atoms with van der Waals surface area (Å²) in [6.07, 6.45) is 1.75. The lowest BCUT2D eigenvalue weighted by atomic mass is 10.4. The monoisotopic (exact) mass is 307 g/mol. The SMILES string of the molecule is COCCNCc1nnc(NCCCNS(C)(=O)=O)o1. The zero-order valence-corrected chi connectivity index (χ0v) is 12.5. The van der Waals surface area contributed by atoms with Crippen molar-refractivity contribution in [1.82, 2.24) is 20.2 Å². The average molecular weight is 307 g/mol. The molecule has 3 N–H and O–H groups in total. The van der Waals surface area contributed by atoms with E-state index in [-0.39, 0.29) is 0 Å². The van der Waals surface area contributed by atoms with E-state index in [1.807, 2.05) is 0 Å². The number of anilines is 1. The molecule has 10 heteroatoms. The molecule has 0 aromatic carbocycles. The molecule has 0 atom stereocenters. The van der Waals surface area contributed by atoms with E-state index in [4.69, 9.17) is 9.15 Å². The number of hydrogen-bond acceptors (Lipinski definition) is 8. The molecule has 20 heavy (non-hydrogen) atoms. The lowest BCUT2D eigenvalue weighted by Gasteiger charge is -2.02. The van der Waals surface area contributed by atoms with Gasteiger partial charge in [-0.25, -0.2) is 13.1 Å². The highest BCUT2D eigenvalue weighted by molar-refractivity contribution is 7.88. The minimum Gasteiger partial charge on any atom is -0.407 e. The van der Waals surface area contributed by atoms with Crippen molar-refractivity contribution >= 4 is 16.0 Å². The van der Waals surface area contributed by atoms with Gasteiger partial charge in [-0.2, -0.15) is 0 Å². The molecule has 0 aliphatic carbocycles. The summed E-state index contributed by atoms with van der Waals surface area (Å²) in [7, 11) is -1.49. The molecule has 0 aliphatic heterocycles. The molecule has 0 saturated carbocycles. The summed E-state index contributed by atoms with van der Waals surface area (Å²) < 4.78 is 34.3. The van der Waals surface area contributed by atoms with Crippen LogP contribution in [0.25, 0.3) is 0 Å². The van der Waals surface area contributed by atoms with Crippen LogP contribution < -0.4 is 15.4 Å². The second-order valence-electron chi connectivity index (χ2n) is 4.12. The van der Waals surface area contributed by atoms with E-state index in [0.29, 0.717) is 51.1 Å². The van der Waals surface area contributed by atoms with Crippen molar-refractivity contribution in [2.75, 3.05) is 44.9 Å². The molecule has 0 amide bonds. The molecule has 0 aliphatic rings. The third-order valence-electron chi connectivity index (χ3n) is 2.22. The van der Waals surface area contributed by atoms with Gasteiger partial charge in [0.25, 0.3) is 0 Å². The standard InChI is InChI=1S/C10H21N5O4S/c1-18-7-6-11-8-9-14-15-10(19-9)12-4-3-5-13-20(2,16)17/h11,13H,3-8H2,1-2H3,(H,12,15). The Morgan fingerprint density at radius 1 is 1.25 bits per heavy atom. The van der Waals surface area contributed by atoms with E-state index in [1.54, 1.807) is 7.11 Å². The van der Waals surface area contributed by atoms with Crippen molar-refractivity contribution in [3.05, 3.63) is 5.89 Å². The van der Waals surface area contributed by atoms with Gasteiger partial charge >= 0.3 is 6.01 Å². The molecule has 1 aromatic heterocycles. The van der Waals surface area contributed by atoms with Crippen molar-refractivity contribution < 1.29 is 17.6 Å². The first-order valence-corrected chi connectivity index (χ1v) is 8.11. The molecule has 0 fully saturated rings. The number of methoxy groups -OCH3 is 1. The van der Waals surface area contributed by atoms with Gasteiger partial charge in [0.05, 0.1) is 19.4 Å². The van der Waals surface area contributed by atoms with Gasteiger partial charge in [0.15, 0.2) is 0 Å². The summed E-state index contributed by atoms with van der Waals surface area (Å²) in [5.41, 5.74) is 0. The van der Waals surface area contributed by atoms with E-state index in [0.717, 1.165) is 6.26 Å². The normalized spacial score (nSPS) is 11.7. The molecule has 0 bridgehead atoms. The van der Waals surface area contributed by atoms with Crippen molar-refractivity contribution in [3.8, 4) is 0 Å². The summed E-state index contributed by atoms with van der Waals surface area (Å²) in [5, 5.41) is 13.7. The van der Waals surface area contributed by atoms with Crippen molar-refractivity contribution in [3.63, 3.8) is 0 Å². The quantitative estimate of drug-likeness (QED) is 0.453. The summed E-state index contributed by atoms with van der Waals surface area (Å²) in [6.45, 7) is 2.71. The Kier molecular flexibility index (Phi) is 7.44. The Hall–Kier alpha value is -1.23. The van der Waals surface area contributed by atoms with Crippen LogP contribution in [-0.2, 0) is 21.3 Å². The first-order chi connectivity index (χ1) is 9.51. The number of aromatic nitrogens is 2. The van der Waals surface area contributed by atoms with Gasteiger partial charge in [0.1, 0.15) is 0 Å². The molecule has 0 unspecified atom stereocenters. The van der Waals surface area contributed by atoms with Gasteiger partial charge in [-0.3, -0.25) is 0 Å². The van der Waals surface area contributed by atoms with E-state index in [1.165, 1.54) is 0 Å². The molecular weight excluding hydrogens is 286 g/mol. The fourth-order valence-electron chi connectivity index (χ4n) is 1.31. The zero-order chi connectivity index (χ0) is 14.8. The van der Waals surface area contributed by atoms with Crippen LogP contribution in [0, 0.1) is 0 Å². The van der Waals surface area contributed by atoms with E-state index < -0.39 is 10.0 Å². The third kappa shape index (κ3) is 8.04. The van der Waals surface area contributed by atoms with E-state index in [2.05, 4.69) is 25.6 Å². The van der Waals surface area contributed by atoms with Crippen LogP contribution in [0.15, 0.2) is 4.42 Å². The van der Waals surface area contributed by atoms with Crippen LogP contribution in [0.3, 0.4) is 0 Å². The predicted molar refractivity (Wildman–Crippen MR) is 73.8 cm³/mol. The molecule has 9 nitrogen and oxygen atoms in total. The second-order valence-corrected chi connectivity index (χ2v) is 5.95. The average Bonchev–Trinajstić information content (AvgIpc) is 2.81. The Morgan fingerprint density at radius 2 is 2.05 bits per heavy atom. The Bertz CT molecular complexity index is 476. The van der Waals surface area contributed by atoms with Crippen LogP contribution in [0.2, 0.25) is 0 Å². The van der Waals surface area contributed by atoms with Crippen molar-refractivity contribution in [1.29, 1.82) is 0 Å². The lowest BCUT2D eigenvalue weighted by Crippen LogP contribution is -2.24. The summed E-state index contributed by atoms with van der Waals surface area (Å²) in [5.74, 6) is 0.484. The van der Waals surface area contributed by atoms with Gasteiger partial charge in [-0.1, -0.05) is 5.10 Å². The van der Waals surface area contributed by atoms with Gasteiger partial charge in [-0.05, 0) is 6.42 Å². The van der Waals surface area contributed by atoms with Crippen molar-refractivity contribution in [2.24, 2.45) is 0 Å². The Balaban J connectivity index is 2.14. The van der Waals surface area contributed by atoms with Gasteiger partial charge < -0.3 is 19.8 Å². The number of nitrogens with one attached hydrogen (secondary N) is 3. The Labute approximate surface area is 118 Å². The van der Waals surface area contributed by atoms with Crippen LogP contribution in [0.5, 0.6) is 0 Å². The van der Waals surface area contributed by atoms with Crippen molar-refractivity contribution in [2.45, 2.75) is 13.0 Å². The first kappa shape index (κ1) is 16.8. The maximum atomic E-state index is 10.8. The first-order valence-electron chi connectivity index (χ1n) is 6.22. The number of sulfonamides is 1. The minimum atomic E-state index is -3.13. The lowest BCUT2D eigenvalue weighted by molar-refractivity contribution is 0.198. The van der Waals surface area contributed by atoms with Crippen LogP contribution in [0.4, 0.5) is 6.01 Å². The highest BCUT2D eigenvalue weighted by Gasteiger charge is 2.05. The van der Waals surface area contributed by atoms with Gasteiger partial charge in [0.2, 0.25) is 15.9 Å². The smallest absolute Gasteiger partial charge is 0.315 e. The van der Waals surface area contributed by atoms with Gasteiger partial charge in [0, 0.05) is 26.7 Å². The number of ether oxygens (including phenoxy) is 1. The molecule has 0 saturated heterocycles. The molecule has 1 aromatic rings. The fourth-order valence-corrected chi connectivity index (χ4v) is 1.82. The molecule has 1 heterocycles. The maximum Gasteiger partial charge on any atom is 0.315 e. The zero-order valence-electron chi connectivity index (χ0n) is 11.7. The highest BCUT2D eigenvalue weighted by Crippen LogP contribution is 2.04. The summed E-state index contributed by atoms with van der Waals surface area (Å²) in [6, 6.07) is 0.327. The molecule has 0 radical (unpaired) electrons. The number of rotatable bonds is 11. The van der Waals surface area contributed by atoms with E-state index in [9.17, 15) is 8.42 Å². The van der Waals surface area contributed by atoms with Crippen LogP contribution in [0.1, 0.15) is 12.3 Å². The summed E-state index contributed by atoms with van der Waals surface area (Å²) >= 11 is 0. The number of nitrogens with zero attached hydrogens (tertiary/aromatic N) is 2. The highest BCUT2D eigenvalue weighted by atomic mass is 32.2. The topological polar surface area (TPSA) is 118 Å². The van der Waals surface area contributed by atoms with Crippen LogP contribution in [-0.4, -0.2) is 58.2 Å². The van der Waals surface area contributed by atoms with Gasteiger partial charge in [-0.15, -0.1) is 5.10 Å². The van der Waals surface area contributed by atoms with Crippen LogP contribution >= 0.6 is 0 Å². The summed E-state index contributed by atoms with van der Waals surface area (Å²) in [4.78, 5) is 0. The van der Waals surface area contributed by atoms with E-state index >= 15 is 0 Å². The third-order valence-corrected chi connectivity index (χ3v) is 2.95. The second kappa shape index (κ2) is 8.84. The molecule has 0 spiro atoms. The fraction of sp³-hybridized carbons (Fsp3) is 0.800. The Morgan fingerprint density at radius 3 is 2.75 bits per heavy atom. The predicted octanol–water partition coefficient (Wildman–Crippen LogP) is -0.843. The minimum absolute atomic E-state index is 0.327. The maximum absolute atomic E-state index is 10.8.